The lowest BCUT2D eigenvalue weighted by Crippen LogP contribution is -2.49. The van der Waals surface area contributed by atoms with Crippen molar-refractivity contribution in [2.75, 3.05) is 45.8 Å². The summed E-state index contributed by atoms with van der Waals surface area (Å²) in [6.07, 6.45) is 4.65. The largest absolute Gasteiger partial charge is 0.370 e. The standard InChI is InChI=1S/C17H39N11O3.C4H11N3/c18-6-2-1-4-12(10-19)28-17(31)25-9-8-24-16(30)26-11-13(27-15(22)29)5-3-7-23-14(20)21;1-2-3-7-4(5)6/h12-13H,1-11,18-19H2,(H4,20,21,23)(H3,22,27,29)(H2,24,26,30)(H2,25,28,31);2-3H2,1H3,(H4,5,6,7). The Bertz CT molecular complexity index is 697. The third kappa shape index (κ3) is 26.9. The van der Waals surface area contributed by atoms with Crippen molar-refractivity contribution in [1.29, 1.82) is 0 Å². The molecule has 38 heavy (non-hydrogen) atoms. The predicted molar refractivity (Wildman–Crippen MR) is 151 cm³/mol. The molecule has 0 aromatic heterocycles. The first-order valence-corrected chi connectivity index (χ1v) is 12.7. The minimum atomic E-state index is -0.692. The van der Waals surface area contributed by atoms with Gasteiger partial charge >= 0.3 is 18.1 Å². The topological polar surface area (TPSA) is 318 Å². The van der Waals surface area contributed by atoms with Crippen LogP contribution >= 0.6 is 0 Å². The van der Waals surface area contributed by atoms with Crippen LogP contribution in [0.1, 0.15) is 45.4 Å². The lowest BCUT2D eigenvalue weighted by molar-refractivity contribution is 0.232. The highest BCUT2D eigenvalue weighted by Gasteiger charge is 2.12. The van der Waals surface area contributed by atoms with Gasteiger partial charge < -0.3 is 66.7 Å². The zero-order valence-corrected chi connectivity index (χ0v) is 22.5. The number of amides is 6. The Kier molecular flexibility index (Phi) is 23.9. The number of nitrogens with two attached hydrogens (primary N) is 7. The fourth-order valence-electron chi connectivity index (χ4n) is 2.86. The van der Waals surface area contributed by atoms with Gasteiger partial charge in [-0.3, -0.25) is 9.98 Å². The summed E-state index contributed by atoms with van der Waals surface area (Å²) in [4.78, 5) is 42.4. The zero-order valence-electron chi connectivity index (χ0n) is 22.5. The van der Waals surface area contributed by atoms with E-state index in [2.05, 4.69) is 36.6 Å². The lowest BCUT2D eigenvalue weighted by Gasteiger charge is -2.18. The first-order valence-electron chi connectivity index (χ1n) is 12.7. The van der Waals surface area contributed by atoms with Gasteiger partial charge in [-0.25, -0.2) is 14.4 Å². The maximum atomic E-state index is 11.9. The summed E-state index contributed by atoms with van der Waals surface area (Å²) in [6.45, 7) is 4.73. The Morgan fingerprint density at radius 3 is 1.79 bits per heavy atom. The number of urea groups is 3. The second kappa shape index (κ2) is 24.9. The molecule has 0 rings (SSSR count). The lowest BCUT2D eigenvalue weighted by atomic mass is 10.1. The van der Waals surface area contributed by atoms with Crippen LogP contribution < -0.4 is 66.7 Å². The number of carbonyl (C=O) groups is 3. The molecule has 2 unspecified atom stereocenters. The van der Waals surface area contributed by atoms with Crippen LogP contribution in [-0.4, -0.2) is 87.9 Å². The van der Waals surface area contributed by atoms with Crippen LogP contribution in [-0.2, 0) is 0 Å². The van der Waals surface area contributed by atoms with Crippen LogP contribution in [0.4, 0.5) is 14.4 Å². The zero-order chi connectivity index (χ0) is 29.2. The van der Waals surface area contributed by atoms with Crippen molar-refractivity contribution >= 4 is 30.0 Å². The fraction of sp³-hybridized carbons (Fsp3) is 0.762. The van der Waals surface area contributed by atoms with Crippen LogP contribution in [0.2, 0.25) is 0 Å². The summed E-state index contributed by atoms with van der Waals surface area (Å²) in [6, 6.07) is -1.97. The van der Waals surface area contributed by atoms with Gasteiger partial charge in [0.25, 0.3) is 0 Å². The van der Waals surface area contributed by atoms with Gasteiger partial charge in [0, 0.05) is 51.4 Å². The van der Waals surface area contributed by atoms with Crippen LogP contribution in [0.5, 0.6) is 0 Å². The van der Waals surface area contributed by atoms with Gasteiger partial charge in [-0.15, -0.1) is 0 Å². The van der Waals surface area contributed by atoms with Crippen molar-refractivity contribution in [3.8, 4) is 0 Å². The van der Waals surface area contributed by atoms with Crippen molar-refractivity contribution in [3.63, 3.8) is 0 Å². The minimum Gasteiger partial charge on any atom is -0.370 e. The Morgan fingerprint density at radius 2 is 1.29 bits per heavy atom. The highest BCUT2D eigenvalue weighted by molar-refractivity contribution is 5.76. The van der Waals surface area contributed by atoms with E-state index in [1.807, 2.05) is 6.92 Å². The number of rotatable bonds is 18. The Balaban J connectivity index is 0. The number of hydrogen-bond donors (Lipinski definition) is 12. The van der Waals surface area contributed by atoms with Crippen molar-refractivity contribution in [1.82, 2.24) is 26.6 Å². The van der Waals surface area contributed by atoms with Gasteiger partial charge in [-0.1, -0.05) is 13.3 Å². The molecule has 0 aromatic rings. The van der Waals surface area contributed by atoms with Crippen molar-refractivity contribution < 1.29 is 14.4 Å². The van der Waals surface area contributed by atoms with Gasteiger partial charge in [0.1, 0.15) is 0 Å². The first kappa shape index (κ1) is 36.4. The molecule has 2 atom stereocenters. The first-order chi connectivity index (χ1) is 18.0. The quantitative estimate of drug-likeness (QED) is 0.0467. The Morgan fingerprint density at radius 1 is 0.711 bits per heavy atom. The predicted octanol–water partition coefficient (Wildman–Crippen LogP) is -3.20. The molecule has 17 nitrogen and oxygen atoms in total. The van der Waals surface area contributed by atoms with Crippen molar-refractivity contribution in [2.45, 2.75) is 57.5 Å². The molecule has 0 saturated carbocycles. The van der Waals surface area contributed by atoms with Gasteiger partial charge in [0.05, 0.1) is 0 Å². The van der Waals surface area contributed by atoms with Gasteiger partial charge in [-0.2, -0.15) is 0 Å². The third-order valence-electron chi connectivity index (χ3n) is 4.70. The summed E-state index contributed by atoms with van der Waals surface area (Å²) < 4.78 is 0. The van der Waals surface area contributed by atoms with Crippen LogP contribution in [0.3, 0.4) is 0 Å². The van der Waals surface area contributed by atoms with Gasteiger partial charge in [0.2, 0.25) is 0 Å². The number of hydrogen-bond acceptors (Lipinski definition) is 7. The molecule has 0 fully saturated rings. The highest BCUT2D eigenvalue weighted by atomic mass is 16.2. The number of guanidine groups is 2. The fourth-order valence-corrected chi connectivity index (χ4v) is 2.86. The van der Waals surface area contributed by atoms with Crippen LogP contribution in [0.15, 0.2) is 9.98 Å². The van der Waals surface area contributed by atoms with E-state index < -0.39 is 12.1 Å². The van der Waals surface area contributed by atoms with E-state index in [4.69, 9.17) is 40.1 Å². The van der Waals surface area contributed by atoms with E-state index in [1.54, 1.807) is 0 Å². The molecule has 0 saturated heterocycles. The number of aliphatic imine (C=N–C) groups is 2. The molecule has 0 aliphatic rings. The maximum absolute atomic E-state index is 11.9. The summed E-state index contributed by atoms with van der Waals surface area (Å²) >= 11 is 0. The van der Waals surface area contributed by atoms with E-state index in [0.717, 1.165) is 32.2 Å². The third-order valence-corrected chi connectivity index (χ3v) is 4.70. The van der Waals surface area contributed by atoms with Gasteiger partial charge in [-0.05, 0) is 38.6 Å². The molecule has 6 amide bonds. The summed E-state index contributed by atoms with van der Waals surface area (Å²) in [7, 11) is 0. The van der Waals surface area contributed by atoms with E-state index in [1.165, 1.54) is 0 Å². The van der Waals surface area contributed by atoms with E-state index in [9.17, 15) is 14.4 Å². The normalized spacial score (nSPS) is 11.4. The molecule has 0 aliphatic carbocycles. The molecule has 0 bridgehead atoms. The molecule has 17 heteroatoms. The van der Waals surface area contributed by atoms with Crippen molar-refractivity contribution in [3.05, 3.63) is 0 Å². The Hall–Kier alpha value is -3.73. The van der Waals surface area contributed by atoms with Crippen LogP contribution in [0, 0.1) is 0 Å². The maximum Gasteiger partial charge on any atom is 0.315 e. The molecule has 0 aromatic carbocycles. The smallest absolute Gasteiger partial charge is 0.315 e. The number of primary amides is 1. The van der Waals surface area contributed by atoms with E-state index in [-0.39, 0.29) is 49.7 Å². The molecule has 19 N–H and O–H groups in total. The van der Waals surface area contributed by atoms with E-state index in [0.29, 0.717) is 32.5 Å². The molecule has 0 aliphatic heterocycles. The average Bonchev–Trinajstić information content (AvgIpc) is 2.85. The highest BCUT2D eigenvalue weighted by Crippen LogP contribution is 1.99. The summed E-state index contributed by atoms with van der Waals surface area (Å²) in [5.41, 5.74) is 36.8. The Labute approximate surface area is 224 Å². The second-order valence-corrected chi connectivity index (χ2v) is 8.22. The summed E-state index contributed by atoms with van der Waals surface area (Å²) in [5, 5.41) is 13.2. The molecule has 222 valence electrons. The molecular weight excluding hydrogens is 496 g/mol. The average molecular weight is 547 g/mol. The van der Waals surface area contributed by atoms with Crippen LogP contribution in [0.25, 0.3) is 0 Å². The monoisotopic (exact) mass is 546 g/mol. The molecular formula is C21H50N14O3. The van der Waals surface area contributed by atoms with E-state index >= 15 is 0 Å². The number of unbranched alkanes of at least 4 members (excludes halogenated alkanes) is 1. The number of nitrogens with zero attached hydrogens (tertiary/aromatic N) is 2. The number of nitrogens with one attached hydrogen (secondary N) is 5. The SMILES string of the molecule is CCCN=C(N)N.NCCCCC(CN)NC(=O)NCCNC(=O)NCC(CCCN=C(N)N)NC(N)=O. The second-order valence-electron chi connectivity index (χ2n) is 8.22. The molecule has 0 spiro atoms. The molecule has 0 heterocycles. The number of carbonyl (C=O) groups excluding carboxylic acids is 3. The van der Waals surface area contributed by atoms with Gasteiger partial charge in [0.15, 0.2) is 11.9 Å². The molecule has 0 radical (unpaired) electrons. The summed E-state index contributed by atoms with van der Waals surface area (Å²) in [5.74, 6) is 0.172. The minimum absolute atomic E-state index is 0.00986. The van der Waals surface area contributed by atoms with Crippen molar-refractivity contribution in [2.24, 2.45) is 50.1 Å².